The molecule has 0 heterocycles. The summed E-state index contributed by atoms with van der Waals surface area (Å²) in [7, 11) is 1.52. The van der Waals surface area contributed by atoms with E-state index in [9.17, 15) is 9.18 Å². The largest absolute Gasteiger partial charge is 0.496 e. The van der Waals surface area contributed by atoms with E-state index in [2.05, 4.69) is 5.32 Å². The highest BCUT2D eigenvalue weighted by atomic mass is 19.1. The minimum Gasteiger partial charge on any atom is -0.496 e. The van der Waals surface area contributed by atoms with Gasteiger partial charge in [-0.3, -0.25) is 0 Å². The first-order valence-corrected chi connectivity index (χ1v) is 7.19. The molecule has 0 aliphatic heterocycles. The van der Waals surface area contributed by atoms with Gasteiger partial charge < -0.3 is 20.5 Å². The Bertz CT molecular complexity index is 527. The fraction of sp³-hybridized carbons (Fsp3) is 0.562. The summed E-state index contributed by atoms with van der Waals surface area (Å²) in [6, 6.07) is 3.03. The molecular formula is C16H25FN2O3. The van der Waals surface area contributed by atoms with Gasteiger partial charge in [0.25, 0.3) is 0 Å². The van der Waals surface area contributed by atoms with Gasteiger partial charge in [0.05, 0.1) is 7.11 Å². The third-order valence-corrected chi connectivity index (χ3v) is 3.13. The first kappa shape index (κ1) is 18.2. The summed E-state index contributed by atoms with van der Waals surface area (Å²) in [5, 5.41) is 2.65. The number of alkyl carbamates (subject to hydrolysis) is 1. The predicted octanol–water partition coefficient (Wildman–Crippen LogP) is 2.71. The molecule has 124 valence electrons. The number of hydrogen-bond acceptors (Lipinski definition) is 4. The number of carbonyl (C=O) groups excluding carboxylic acids is 1. The van der Waals surface area contributed by atoms with E-state index in [1.807, 2.05) is 0 Å². The summed E-state index contributed by atoms with van der Waals surface area (Å²) in [6.07, 6.45) is -0.530. The van der Waals surface area contributed by atoms with E-state index in [0.717, 1.165) is 0 Å². The average molecular weight is 312 g/mol. The van der Waals surface area contributed by atoms with Gasteiger partial charge in [-0.15, -0.1) is 0 Å². The van der Waals surface area contributed by atoms with E-state index in [1.165, 1.54) is 13.2 Å². The third-order valence-electron chi connectivity index (χ3n) is 3.13. The van der Waals surface area contributed by atoms with Crippen molar-refractivity contribution in [3.63, 3.8) is 0 Å². The van der Waals surface area contributed by atoms with Crippen LogP contribution in [-0.2, 0) is 4.74 Å². The molecule has 1 atom stereocenters. The van der Waals surface area contributed by atoms with Crippen LogP contribution in [0.4, 0.5) is 9.18 Å². The molecule has 0 bridgehead atoms. The standard InChI is InChI=1S/C16H25FN2O3/c1-10-6-14(21-5)12(7-13(10)17)11(8-18)9-19-15(20)22-16(2,3)4/h6-7,11H,8-9,18H2,1-5H3,(H,19,20). The van der Waals surface area contributed by atoms with Gasteiger partial charge in [-0.05, 0) is 45.4 Å². The molecule has 1 rings (SSSR count). The van der Waals surface area contributed by atoms with Gasteiger partial charge in [0.1, 0.15) is 17.2 Å². The van der Waals surface area contributed by atoms with Crippen molar-refractivity contribution in [1.82, 2.24) is 5.32 Å². The lowest BCUT2D eigenvalue weighted by molar-refractivity contribution is 0.0524. The van der Waals surface area contributed by atoms with Crippen LogP contribution >= 0.6 is 0 Å². The maximum absolute atomic E-state index is 13.8. The van der Waals surface area contributed by atoms with Gasteiger partial charge in [0.2, 0.25) is 0 Å². The summed E-state index contributed by atoms with van der Waals surface area (Å²) in [5.74, 6) is -0.0376. The number of nitrogens with one attached hydrogen (secondary N) is 1. The van der Waals surface area contributed by atoms with E-state index in [0.29, 0.717) is 16.9 Å². The average Bonchev–Trinajstić information content (AvgIpc) is 2.40. The first-order valence-electron chi connectivity index (χ1n) is 7.19. The Morgan fingerprint density at radius 1 is 1.41 bits per heavy atom. The normalized spacial score (nSPS) is 12.7. The van der Waals surface area contributed by atoms with Crippen molar-refractivity contribution in [3.05, 3.63) is 29.1 Å². The molecule has 0 fully saturated rings. The van der Waals surface area contributed by atoms with E-state index in [1.54, 1.807) is 33.8 Å². The van der Waals surface area contributed by atoms with Crippen LogP contribution in [0.15, 0.2) is 12.1 Å². The Morgan fingerprint density at radius 2 is 2.05 bits per heavy atom. The molecule has 5 nitrogen and oxygen atoms in total. The Hall–Kier alpha value is -1.82. The molecule has 0 spiro atoms. The van der Waals surface area contributed by atoms with Crippen molar-refractivity contribution in [1.29, 1.82) is 0 Å². The Labute approximate surface area is 131 Å². The highest BCUT2D eigenvalue weighted by Gasteiger charge is 2.20. The molecular weight excluding hydrogens is 287 g/mol. The molecule has 3 N–H and O–H groups in total. The zero-order valence-corrected chi connectivity index (χ0v) is 13.8. The molecule has 22 heavy (non-hydrogen) atoms. The van der Waals surface area contributed by atoms with Crippen molar-refractivity contribution in [3.8, 4) is 5.75 Å². The lowest BCUT2D eigenvalue weighted by Gasteiger charge is -2.22. The summed E-state index contributed by atoms with van der Waals surface area (Å²) in [4.78, 5) is 11.7. The zero-order chi connectivity index (χ0) is 16.9. The highest BCUT2D eigenvalue weighted by molar-refractivity contribution is 5.67. The number of halogens is 1. The van der Waals surface area contributed by atoms with Gasteiger partial charge >= 0.3 is 6.09 Å². The van der Waals surface area contributed by atoms with Crippen molar-refractivity contribution in [2.45, 2.75) is 39.2 Å². The molecule has 1 aromatic rings. The van der Waals surface area contributed by atoms with Crippen LogP contribution in [0.25, 0.3) is 0 Å². The van der Waals surface area contributed by atoms with Crippen LogP contribution in [0.5, 0.6) is 5.75 Å². The molecule has 1 amide bonds. The van der Waals surface area contributed by atoms with E-state index >= 15 is 0 Å². The van der Waals surface area contributed by atoms with Gasteiger partial charge in [-0.1, -0.05) is 0 Å². The topological polar surface area (TPSA) is 73.6 Å². The molecule has 6 heteroatoms. The quantitative estimate of drug-likeness (QED) is 0.877. The lowest BCUT2D eigenvalue weighted by atomic mass is 9.96. The fourth-order valence-electron chi connectivity index (χ4n) is 2.01. The second-order valence-electron chi connectivity index (χ2n) is 6.16. The maximum Gasteiger partial charge on any atom is 0.407 e. The van der Waals surface area contributed by atoms with Crippen molar-refractivity contribution >= 4 is 6.09 Å². The molecule has 0 saturated carbocycles. The Kier molecular flexibility index (Phi) is 6.17. The van der Waals surface area contributed by atoms with Crippen LogP contribution in [-0.4, -0.2) is 31.9 Å². The smallest absolute Gasteiger partial charge is 0.407 e. The number of hydrogen-bond donors (Lipinski definition) is 2. The highest BCUT2D eigenvalue weighted by Crippen LogP contribution is 2.28. The zero-order valence-electron chi connectivity index (χ0n) is 13.8. The van der Waals surface area contributed by atoms with Gasteiger partial charge in [0, 0.05) is 24.6 Å². The summed E-state index contributed by atoms with van der Waals surface area (Å²) in [5.41, 5.74) is 6.31. The second-order valence-corrected chi connectivity index (χ2v) is 6.16. The minimum absolute atomic E-state index is 0.240. The molecule has 1 unspecified atom stereocenters. The molecule has 0 aromatic heterocycles. The summed E-state index contributed by atoms with van der Waals surface area (Å²) in [6.45, 7) is 7.50. The van der Waals surface area contributed by atoms with Crippen LogP contribution in [0.1, 0.15) is 37.8 Å². The Balaban J connectivity index is 2.84. The third kappa shape index (κ3) is 5.18. The van der Waals surface area contributed by atoms with Crippen LogP contribution in [0.2, 0.25) is 0 Å². The lowest BCUT2D eigenvalue weighted by Crippen LogP contribution is -2.36. The second kappa shape index (κ2) is 7.45. The van der Waals surface area contributed by atoms with Crippen molar-refractivity contribution in [2.24, 2.45) is 5.73 Å². The first-order chi connectivity index (χ1) is 10.2. The fourth-order valence-corrected chi connectivity index (χ4v) is 2.01. The van der Waals surface area contributed by atoms with E-state index < -0.39 is 11.7 Å². The minimum atomic E-state index is -0.573. The number of aryl methyl sites for hydroxylation is 1. The molecule has 1 aromatic carbocycles. The SMILES string of the molecule is COc1cc(C)c(F)cc1C(CN)CNC(=O)OC(C)(C)C. The molecule has 0 saturated heterocycles. The van der Waals surface area contributed by atoms with E-state index in [4.69, 9.17) is 15.2 Å². The van der Waals surface area contributed by atoms with Gasteiger partial charge in [0.15, 0.2) is 0 Å². The number of benzene rings is 1. The molecule has 0 aliphatic carbocycles. The van der Waals surface area contributed by atoms with Crippen LogP contribution in [0, 0.1) is 12.7 Å². The van der Waals surface area contributed by atoms with Gasteiger partial charge in [-0.25, -0.2) is 9.18 Å². The van der Waals surface area contributed by atoms with Crippen LogP contribution < -0.4 is 15.8 Å². The Morgan fingerprint density at radius 3 is 2.55 bits per heavy atom. The van der Waals surface area contributed by atoms with Crippen molar-refractivity contribution in [2.75, 3.05) is 20.2 Å². The summed E-state index contributed by atoms with van der Waals surface area (Å²) >= 11 is 0. The van der Waals surface area contributed by atoms with E-state index in [-0.39, 0.29) is 24.8 Å². The monoisotopic (exact) mass is 312 g/mol. The predicted molar refractivity (Wildman–Crippen MR) is 83.7 cm³/mol. The van der Waals surface area contributed by atoms with Gasteiger partial charge in [-0.2, -0.15) is 0 Å². The van der Waals surface area contributed by atoms with Crippen LogP contribution in [0.3, 0.4) is 0 Å². The number of methoxy groups -OCH3 is 1. The number of rotatable bonds is 5. The number of carbonyl (C=O) groups is 1. The molecule has 0 radical (unpaired) electrons. The molecule has 0 aliphatic rings. The number of ether oxygens (including phenoxy) is 2. The maximum atomic E-state index is 13.8. The number of amides is 1. The number of nitrogens with two attached hydrogens (primary N) is 1. The van der Waals surface area contributed by atoms with Crippen molar-refractivity contribution < 1.29 is 18.7 Å². The summed E-state index contributed by atoms with van der Waals surface area (Å²) < 4.78 is 24.3.